The van der Waals surface area contributed by atoms with Gasteiger partial charge in [-0.2, -0.15) is 0 Å². The van der Waals surface area contributed by atoms with Crippen LogP contribution < -0.4 is 0 Å². The summed E-state index contributed by atoms with van der Waals surface area (Å²) in [5.74, 6) is 0.00167. The lowest BCUT2D eigenvalue weighted by molar-refractivity contribution is -0.150. The van der Waals surface area contributed by atoms with E-state index in [1.807, 2.05) is 0 Å². The van der Waals surface area contributed by atoms with E-state index in [2.05, 4.69) is 81.5 Å². The van der Waals surface area contributed by atoms with Gasteiger partial charge in [0.25, 0.3) is 0 Å². The molecule has 0 aromatic carbocycles. The molecule has 1 atom stereocenters. The Labute approximate surface area is 288 Å². The summed E-state index contributed by atoms with van der Waals surface area (Å²) in [5.41, 5.74) is 0. The van der Waals surface area contributed by atoms with Crippen molar-refractivity contribution in [2.24, 2.45) is 0 Å². The Balaban J connectivity index is 4.03. The zero-order valence-electron chi connectivity index (χ0n) is 31.5. The molecule has 0 spiro atoms. The molecule has 0 heterocycles. The van der Waals surface area contributed by atoms with Crippen LogP contribution in [-0.4, -0.2) is 37.6 Å². The minimum Gasteiger partial charge on any atom is -0.462 e. The van der Waals surface area contributed by atoms with Gasteiger partial charge >= 0.3 is 5.97 Å². The largest absolute Gasteiger partial charge is 0.462 e. The number of rotatable bonds is 35. The predicted molar refractivity (Wildman–Crippen MR) is 206 cm³/mol. The van der Waals surface area contributed by atoms with E-state index in [-0.39, 0.29) is 12.1 Å². The molecule has 0 saturated carbocycles. The summed E-state index contributed by atoms with van der Waals surface area (Å²) in [5, 5.41) is 0. The first-order chi connectivity index (χ1) is 22.6. The van der Waals surface area contributed by atoms with Crippen LogP contribution in [0.5, 0.6) is 0 Å². The van der Waals surface area contributed by atoms with Gasteiger partial charge in [0.1, 0.15) is 6.10 Å². The Morgan fingerprint density at radius 1 is 0.500 bits per heavy atom. The predicted octanol–water partition coefficient (Wildman–Crippen LogP) is 13.6. The second-order valence-electron chi connectivity index (χ2n) is 13.8. The molecule has 0 radical (unpaired) electrons. The third-order valence-corrected chi connectivity index (χ3v) is 8.71. The van der Waals surface area contributed by atoms with E-state index in [1.54, 1.807) is 0 Å². The summed E-state index contributed by atoms with van der Waals surface area (Å²) >= 11 is 0. The third kappa shape index (κ3) is 36.9. The van der Waals surface area contributed by atoms with Gasteiger partial charge < -0.3 is 9.64 Å². The van der Waals surface area contributed by atoms with Crippen LogP contribution in [0.1, 0.15) is 194 Å². The highest BCUT2D eigenvalue weighted by Gasteiger charge is 2.14. The van der Waals surface area contributed by atoms with Crippen LogP contribution in [0, 0.1) is 0 Å². The smallest absolute Gasteiger partial charge is 0.306 e. The molecule has 0 fully saturated rings. The van der Waals surface area contributed by atoms with Gasteiger partial charge in [-0.3, -0.25) is 4.79 Å². The number of ether oxygens (including phenoxy) is 1. The van der Waals surface area contributed by atoms with Crippen molar-refractivity contribution in [1.29, 1.82) is 0 Å². The molecule has 0 aliphatic carbocycles. The summed E-state index contributed by atoms with van der Waals surface area (Å²) < 4.78 is 5.99. The maximum absolute atomic E-state index is 12.5. The summed E-state index contributed by atoms with van der Waals surface area (Å²) in [6, 6.07) is 0. The first-order valence-corrected chi connectivity index (χ1v) is 20.0. The van der Waals surface area contributed by atoms with Crippen LogP contribution >= 0.6 is 0 Å². The van der Waals surface area contributed by atoms with Gasteiger partial charge in [0.2, 0.25) is 0 Å². The highest BCUT2D eigenvalue weighted by molar-refractivity contribution is 5.69. The summed E-state index contributed by atoms with van der Waals surface area (Å²) in [6.45, 7) is 5.47. The first-order valence-electron chi connectivity index (χ1n) is 20.0. The van der Waals surface area contributed by atoms with Gasteiger partial charge in [-0.15, -0.1) is 0 Å². The molecular weight excluding hydrogens is 562 g/mol. The second-order valence-corrected chi connectivity index (χ2v) is 13.8. The Morgan fingerprint density at radius 3 is 1.33 bits per heavy atom. The number of carbonyl (C=O) groups is 1. The molecule has 0 aromatic heterocycles. The van der Waals surface area contributed by atoms with Crippen LogP contribution in [0.15, 0.2) is 48.6 Å². The average Bonchev–Trinajstić information content (AvgIpc) is 3.04. The zero-order valence-corrected chi connectivity index (χ0v) is 31.5. The van der Waals surface area contributed by atoms with Crippen molar-refractivity contribution >= 4 is 5.97 Å². The molecule has 0 amide bonds. The number of hydrogen-bond donors (Lipinski definition) is 0. The molecule has 0 N–H and O–H groups in total. The Bertz CT molecular complexity index is 735. The van der Waals surface area contributed by atoms with Crippen molar-refractivity contribution in [1.82, 2.24) is 4.90 Å². The van der Waals surface area contributed by atoms with Crippen LogP contribution in [0.25, 0.3) is 0 Å². The van der Waals surface area contributed by atoms with E-state index >= 15 is 0 Å². The van der Waals surface area contributed by atoms with Gasteiger partial charge in [0.05, 0.1) is 0 Å². The lowest BCUT2D eigenvalue weighted by Gasteiger charge is -2.18. The van der Waals surface area contributed by atoms with Crippen molar-refractivity contribution in [3.05, 3.63) is 48.6 Å². The van der Waals surface area contributed by atoms with Gasteiger partial charge in [-0.1, -0.05) is 120 Å². The molecule has 1 unspecified atom stereocenters. The number of unbranched alkanes of at least 4 members (excludes halogenated alkanes) is 18. The van der Waals surface area contributed by atoms with Crippen LogP contribution in [-0.2, 0) is 9.53 Å². The van der Waals surface area contributed by atoms with E-state index in [4.69, 9.17) is 4.74 Å². The van der Waals surface area contributed by atoms with E-state index in [9.17, 15) is 4.79 Å². The topological polar surface area (TPSA) is 29.5 Å². The highest BCUT2D eigenvalue weighted by Crippen LogP contribution is 2.18. The minimum absolute atomic E-state index is 0.00167. The van der Waals surface area contributed by atoms with Crippen LogP contribution in [0.3, 0.4) is 0 Å². The van der Waals surface area contributed by atoms with E-state index in [0.717, 1.165) is 38.6 Å². The van der Waals surface area contributed by atoms with Crippen molar-refractivity contribution < 1.29 is 9.53 Å². The maximum Gasteiger partial charge on any atom is 0.306 e. The fourth-order valence-electron chi connectivity index (χ4n) is 5.73. The molecule has 0 aliphatic rings. The highest BCUT2D eigenvalue weighted by atomic mass is 16.5. The summed E-state index contributed by atoms with van der Waals surface area (Å²) in [4.78, 5) is 14.7. The maximum atomic E-state index is 12.5. The molecular formula is C43H79NO2. The number of carbonyl (C=O) groups excluding carboxylic acids is 1. The number of esters is 1. The molecule has 0 saturated heterocycles. The molecule has 46 heavy (non-hydrogen) atoms. The van der Waals surface area contributed by atoms with Crippen molar-refractivity contribution in [2.45, 2.75) is 200 Å². The van der Waals surface area contributed by atoms with Gasteiger partial charge in [0, 0.05) is 6.42 Å². The van der Waals surface area contributed by atoms with Crippen molar-refractivity contribution in [3.63, 3.8) is 0 Å². The number of hydrogen-bond acceptors (Lipinski definition) is 3. The zero-order chi connectivity index (χ0) is 33.6. The summed E-state index contributed by atoms with van der Waals surface area (Å²) in [7, 11) is 4.12. The standard InChI is InChI=1S/C43H79NO2/c1-5-7-9-11-13-15-17-19-21-23-25-27-29-31-33-35-38-42(46-43(45)40-37-41-44(3)4)39-36-34-32-30-28-26-24-22-20-18-16-14-12-10-8-6-2/h13-16,19,21,26,28,42H,5-12,17-18,20,22-25,27,29-41H2,1-4H3/b15-13-,16-14-,21-19-,28-26-. The molecule has 0 rings (SSSR count). The fraction of sp³-hybridized carbons (Fsp3) is 0.791. The van der Waals surface area contributed by atoms with E-state index < -0.39 is 0 Å². The van der Waals surface area contributed by atoms with Crippen molar-refractivity contribution in [3.8, 4) is 0 Å². The number of nitrogens with zero attached hydrogens (tertiary/aromatic N) is 1. The Hall–Kier alpha value is -1.61. The quantitative estimate of drug-likeness (QED) is 0.0392. The van der Waals surface area contributed by atoms with Crippen molar-refractivity contribution in [2.75, 3.05) is 20.6 Å². The molecule has 3 nitrogen and oxygen atoms in total. The first kappa shape index (κ1) is 44.4. The SMILES string of the molecule is CCCCC/C=C\C/C=C\CCCCCCCCC(CCCCC/C=C\CCCC/C=C\CCCCC)OC(=O)CCCN(C)C. The van der Waals surface area contributed by atoms with Gasteiger partial charge in [-0.25, -0.2) is 0 Å². The molecule has 3 heteroatoms. The Morgan fingerprint density at radius 2 is 0.870 bits per heavy atom. The fourth-order valence-corrected chi connectivity index (χ4v) is 5.73. The van der Waals surface area contributed by atoms with Crippen LogP contribution in [0.2, 0.25) is 0 Å². The number of allylic oxidation sites excluding steroid dienone is 8. The second kappa shape index (κ2) is 37.8. The lowest BCUT2D eigenvalue weighted by atomic mass is 10.0. The van der Waals surface area contributed by atoms with Gasteiger partial charge in [-0.05, 0) is 136 Å². The minimum atomic E-state index is 0.00167. The monoisotopic (exact) mass is 642 g/mol. The average molecular weight is 642 g/mol. The molecule has 0 bridgehead atoms. The molecule has 0 aromatic rings. The third-order valence-electron chi connectivity index (χ3n) is 8.71. The molecule has 268 valence electrons. The normalized spacial score (nSPS) is 13.0. The van der Waals surface area contributed by atoms with E-state index in [1.165, 1.54) is 141 Å². The molecule has 0 aliphatic heterocycles. The van der Waals surface area contributed by atoms with Crippen LogP contribution in [0.4, 0.5) is 0 Å². The lowest BCUT2D eigenvalue weighted by Crippen LogP contribution is -2.20. The van der Waals surface area contributed by atoms with Gasteiger partial charge in [0.15, 0.2) is 0 Å². The van der Waals surface area contributed by atoms with E-state index in [0.29, 0.717) is 6.42 Å². The summed E-state index contributed by atoms with van der Waals surface area (Å²) in [6.07, 6.45) is 52.8. The Kier molecular flexibility index (Phi) is 36.5.